The van der Waals surface area contributed by atoms with Crippen molar-refractivity contribution in [1.82, 2.24) is 0 Å². The van der Waals surface area contributed by atoms with Crippen LogP contribution in [0.15, 0.2) is 24.3 Å². The van der Waals surface area contributed by atoms with Gasteiger partial charge in [0, 0.05) is 13.2 Å². The van der Waals surface area contributed by atoms with Gasteiger partial charge >= 0.3 is 5.97 Å². The van der Waals surface area contributed by atoms with E-state index in [0.717, 1.165) is 6.42 Å². The number of nitrogens with zero attached hydrogens (tertiary/aromatic N) is 1. The van der Waals surface area contributed by atoms with Gasteiger partial charge in [-0.2, -0.15) is 0 Å². The van der Waals surface area contributed by atoms with Gasteiger partial charge in [0.25, 0.3) is 5.91 Å². The highest BCUT2D eigenvalue weighted by molar-refractivity contribution is 5.97. The van der Waals surface area contributed by atoms with Crippen LogP contribution in [0.1, 0.15) is 19.8 Å². The Morgan fingerprint density at radius 2 is 2.05 bits per heavy atom. The maximum absolute atomic E-state index is 12.1. The number of benzene rings is 1. The predicted octanol–water partition coefficient (Wildman–Crippen LogP) is 1.50. The second-order valence-electron chi connectivity index (χ2n) is 4.30. The van der Waals surface area contributed by atoms with E-state index >= 15 is 0 Å². The molecule has 0 saturated carbocycles. The van der Waals surface area contributed by atoms with Crippen LogP contribution >= 0.6 is 0 Å². The molecule has 0 aliphatic heterocycles. The molecule has 0 aliphatic carbocycles. The summed E-state index contributed by atoms with van der Waals surface area (Å²) in [5.41, 5.74) is 6.78. The first-order valence-corrected chi connectivity index (χ1v) is 6.50. The number of para-hydroxylation sites is 2. The zero-order chi connectivity index (χ0) is 15.0. The Labute approximate surface area is 118 Å². The number of hydrogen-bond acceptors (Lipinski definition) is 4. The van der Waals surface area contributed by atoms with Crippen molar-refractivity contribution >= 4 is 23.3 Å². The molecule has 1 rings (SSSR count). The van der Waals surface area contributed by atoms with Crippen LogP contribution in [0.3, 0.4) is 0 Å². The van der Waals surface area contributed by atoms with Crippen LogP contribution in [-0.2, 0) is 14.3 Å². The van der Waals surface area contributed by atoms with E-state index in [-0.39, 0.29) is 25.5 Å². The fraction of sp³-hybridized carbons (Fsp3) is 0.429. The maximum atomic E-state index is 12.1. The van der Waals surface area contributed by atoms with E-state index in [4.69, 9.17) is 15.6 Å². The highest BCUT2D eigenvalue weighted by atomic mass is 16.5. The molecule has 0 spiro atoms. The Bertz CT molecular complexity index is 462. The number of rotatable bonds is 8. The zero-order valence-corrected chi connectivity index (χ0v) is 11.5. The van der Waals surface area contributed by atoms with E-state index in [9.17, 15) is 9.59 Å². The standard InChI is InChI=1S/C14H20N2O4/c1-2-9-20-10-13(17)16(8-7-14(18)19)12-6-4-3-5-11(12)15/h3-6H,2,7-10,15H2,1H3,(H,18,19). The van der Waals surface area contributed by atoms with Crippen molar-refractivity contribution in [3.05, 3.63) is 24.3 Å². The molecule has 0 aliphatic rings. The van der Waals surface area contributed by atoms with Crippen molar-refractivity contribution in [2.75, 3.05) is 30.4 Å². The van der Waals surface area contributed by atoms with Crippen molar-refractivity contribution in [2.45, 2.75) is 19.8 Å². The molecule has 1 amide bonds. The summed E-state index contributed by atoms with van der Waals surface area (Å²) in [6.07, 6.45) is 0.670. The molecule has 0 saturated heterocycles. The summed E-state index contributed by atoms with van der Waals surface area (Å²) in [6.45, 7) is 2.42. The molecule has 0 aromatic heterocycles. The third-order valence-corrected chi connectivity index (χ3v) is 2.65. The topological polar surface area (TPSA) is 92.9 Å². The fourth-order valence-electron chi connectivity index (χ4n) is 1.70. The summed E-state index contributed by atoms with van der Waals surface area (Å²) in [4.78, 5) is 24.2. The summed E-state index contributed by atoms with van der Waals surface area (Å²) >= 11 is 0. The van der Waals surface area contributed by atoms with Crippen molar-refractivity contribution in [1.29, 1.82) is 0 Å². The zero-order valence-electron chi connectivity index (χ0n) is 11.5. The summed E-state index contributed by atoms with van der Waals surface area (Å²) in [5, 5.41) is 8.77. The molecule has 20 heavy (non-hydrogen) atoms. The first-order chi connectivity index (χ1) is 9.56. The van der Waals surface area contributed by atoms with Gasteiger partial charge in [0.1, 0.15) is 6.61 Å². The number of carbonyl (C=O) groups is 2. The van der Waals surface area contributed by atoms with Crippen molar-refractivity contribution < 1.29 is 19.4 Å². The minimum Gasteiger partial charge on any atom is -0.481 e. The summed E-state index contributed by atoms with van der Waals surface area (Å²) < 4.78 is 5.21. The molecule has 0 radical (unpaired) electrons. The normalized spacial score (nSPS) is 10.2. The van der Waals surface area contributed by atoms with Crippen LogP contribution in [0, 0.1) is 0 Å². The number of amides is 1. The highest BCUT2D eigenvalue weighted by Gasteiger charge is 2.18. The van der Waals surface area contributed by atoms with Gasteiger partial charge in [0.15, 0.2) is 0 Å². The first kappa shape index (κ1) is 16.0. The van der Waals surface area contributed by atoms with Crippen LogP contribution < -0.4 is 10.6 Å². The Hall–Kier alpha value is -2.08. The predicted molar refractivity (Wildman–Crippen MR) is 76.6 cm³/mol. The van der Waals surface area contributed by atoms with Gasteiger partial charge in [-0.15, -0.1) is 0 Å². The molecular formula is C14H20N2O4. The second-order valence-corrected chi connectivity index (χ2v) is 4.30. The Morgan fingerprint density at radius 3 is 2.65 bits per heavy atom. The molecule has 0 bridgehead atoms. The minimum atomic E-state index is -0.966. The van der Waals surface area contributed by atoms with E-state index in [1.54, 1.807) is 24.3 Å². The van der Waals surface area contributed by atoms with Crippen molar-refractivity contribution in [3.63, 3.8) is 0 Å². The van der Waals surface area contributed by atoms with E-state index in [1.807, 2.05) is 6.92 Å². The molecule has 0 fully saturated rings. The van der Waals surface area contributed by atoms with Crippen LogP contribution in [0.25, 0.3) is 0 Å². The third kappa shape index (κ3) is 4.89. The van der Waals surface area contributed by atoms with Gasteiger partial charge in [-0.1, -0.05) is 19.1 Å². The van der Waals surface area contributed by atoms with E-state index in [2.05, 4.69) is 0 Å². The van der Waals surface area contributed by atoms with Gasteiger partial charge in [-0.25, -0.2) is 0 Å². The van der Waals surface area contributed by atoms with Gasteiger partial charge < -0.3 is 20.5 Å². The average molecular weight is 280 g/mol. The molecule has 6 nitrogen and oxygen atoms in total. The number of carbonyl (C=O) groups excluding carboxylic acids is 1. The van der Waals surface area contributed by atoms with E-state index in [1.165, 1.54) is 4.90 Å². The van der Waals surface area contributed by atoms with Gasteiger partial charge in [0.05, 0.1) is 17.8 Å². The van der Waals surface area contributed by atoms with Crippen LogP contribution in [-0.4, -0.2) is 36.7 Å². The number of nitrogen functional groups attached to an aromatic ring is 1. The molecular weight excluding hydrogens is 260 g/mol. The number of anilines is 2. The Balaban J connectivity index is 2.82. The number of carboxylic acid groups (broad SMARTS) is 1. The Kier molecular flexibility index (Phi) is 6.52. The number of hydrogen-bond donors (Lipinski definition) is 2. The molecule has 0 atom stereocenters. The lowest BCUT2D eigenvalue weighted by Gasteiger charge is -2.23. The number of aliphatic carboxylic acids is 1. The quantitative estimate of drug-likeness (QED) is 0.556. The monoisotopic (exact) mass is 280 g/mol. The molecule has 3 N–H and O–H groups in total. The number of ether oxygens (including phenoxy) is 1. The molecule has 110 valence electrons. The van der Waals surface area contributed by atoms with E-state index in [0.29, 0.717) is 18.0 Å². The molecule has 6 heteroatoms. The van der Waals surface area contributed by atoms with Gasteiger partial charge in [-0.3, -0.25) is 9.59 Å². The SMILES string of the molecule is CCCOCC(=O)N(CCC(=O)O)c1ccccc1N. The summed E-state index contributed by atoms with van der Waals surface area (Å²) in [5.74, 6) is -1.26. The lowest BCUT2D eigenvalue weighted by atomic mass is 10.2. The Morgan fingerprint density at radius 1 is 1.35 bits per heavy atom. The van der Waals surface area contributed by atoms with Gasteiger partial charge in [-0.05, 0) is 18.6 Å². The van der Waals surface area contributed by atoms with Crippen LogP contribution in [0.4, 0.5) is 11.4 Å². The van der Waals surface area contributed by atoms with Crippen molar-refractivity contribution in [3.8, 4) is 0 Å². The second kappa shape index (κ2) is 8.16. The van der Waals surface area contributed by atoms with Gasteiger partial charge in [0.2, 0.25) is 0 Å². The smallest absolute Gasteiger partial charge is 0.305 e. The lowest BCUT2D eigenvalue weighted by Crippen LogP contribution is -2.36. The highest BCUT2D eigenvalue weighted by Crippen LogP contribution is 2.22. The summed E-state index contributed by atoms with van der Waals surface area (Å²) in [7, 11) is 0. The minimum absolute atomic E-state index is 0.0673. The molecule has 1 aromatic carbocycles. The number of nitrogens with two attached hydrogens (primary N) is 1. The lowest BCUT2D eigenvalue weighted by molar-refractivity contribution is -0.136. The molecule has 1 aromatic rings. The molecule has 0 heterocycles. The van der Waals surface area contributed by atoms with Crippen LogP contribution in [0.2, 0.25) is 0 Å². The largest absolute Gasteiger partial charge is 0.481 e. The third-order valence-electron chi connectivity index (χ3n) is 2.65. The number of carboxylic acids is 1. The van der Waals surface area contributed by atoms with Crippen LogP contribution in [0.5, 0.6) is 0 Å². The fourth-order valence-corrected chi connectivity index (χ4v) is 1.70. The average Bonchev–Trinajstić information content (AvgIpc) is 2.41. The molecule has 0 unspecified atom stereocenters. The van der Waals surface area contributed by atoms with E-state index < -0.39 is 5.97 Å². The summed E-state index contributed by atoms with van der Waals surface area (Å²) in [6, 6.07) is 6.87. The maximum Gasteiger partial charge on any atom is 0.305 e. The van der Waals surface area contributed by atoms with Crippen molar-refractivity contribution in [2.24, 2.45) is 0 Å². The first-order valence-electron chi connectivity index (χ1n) is 6.50.